The molecule has 0 aromatic carbocycles. The van der Waals surface area contributed by atoms with E-state index in [4.69, 9.17) is 11.5 Å². The summed E-state index contributed by atoms with van der Waals surface area (Å²) >= 11 is 0. The lowest BCUT2D eigenvalue weighted by molar-refractivity contribution is 0.0997. The fourth-order valence-electron chi connectivity index (χ4n) is 0.591. The predicted octanol–water partition coefficient (Wildman–Crippen LogP) is -1.62. The Hall–Kier alpha value is -1.72. The highest BCUT2D eigenvalue weighted by Gasteiger charge is 2.07. The van der Waals surface area contributed by atoms with E-state index in [0.717, 1.165) is 0 Å². The zero-order chi connectivity index (χ0) is 7.72. The summed E-state index contributed by atoms with van der Waals surface area (Å²) in [6, 6.07) is 0. The van der Waals surface area contributed by atoms with Gasteiger partial charge in [-0.2, -0.15) is 0 Å². The van der Waals surface area contributed by atoms with Gasteiger partial charge in [-0.15, -0.1) is 0 Å². The minimum absolute atomic E-state index is 0.0301. The summed E-state index contributed by atoms with van der Waals surface area (Å²) in [6.45, 7) is 0. The minimum atomic E-state index is -0.754. The summed E-state index contributed by atoms with van der Waals surface area (Å²) < 4.78 is 0. The SMILES string of the molecule is NC(=O)c1[nH]c(=O)[nH]c1N. The Labute approximate surface area is 55.2 Å². The molecule has 6 heteroatoms. The first kappa shape index (κ1) is 6.40. The summed E-state index contributed by atoms with van der Waals surface area (Å²) in [5.41, 5.74) is 9.36. The van der Waals surface area contributed by atoms with E-state index in [-0.39, 0.29) is 11.5 Å². The van der Waals surface area contributed by atoms with Gasteiger partial charge in [-0.05, 0) is 0 Å². The Morgan fingerprint density at radius 3 is 2.20 bits per heavy atom. The Kier molecular flexibility index (Phi) is 1.22. The van der Waals surface area contributed by atoms with Crippen LogP contribution in [0.4, 0.5) is 5.82 Å². The summed E-state index contributed by atoms with van der Waals surface area (Å²) in [5, 5.41) is 0. The number of aromatic nitrogens is 2. The lowest BCUT2D eigenvalue weighted by atomic mass is 10.4. The molecule has 0 fully saturated rings. The maximum Gasteiger partial charge on any atom is 0.325 e. The number of rotatable bonds is 1. The van der Waals surface area contributed by atoms with E-state index in [1.165, 1.54) is 0 Å². The topological polar surface area (TPSA) is 118 Å². The van der Waals surface area contributed by atoms with Crippen molar-refractivity contribution >= 4 is 11.7 Å². The number of imidazole rings is 1. The van der Waals surface area contributed by atoms with E-state index in [0.29, 0.717) is 0 Å². The predicted molar refractivity (Wildman–Crippen MR) is 34.3 cm³/mol. The molecule has 1 rings (SSSR count). The summed E-state index contributed by atoms with van der Waals surface area (Å²) in [6.07, 6.45) is 0. The van der Waals surface area contributed by atoms with Crippen molar-refractivity contribution in [2.75, 3.05) is 5.73 Å². The maximum atomic E-state index is 10.4. The first-order valence-electron chi connectivity index (χ1n) is 2.49. The van der Waals surface area contributed by atoms with Crippen molar-refractivity contribution in [3.05, 3.63) is 16.2 Å². The highest BCUT2D eigenvalue weighted by molar-refractivity contribution is 5.94. The standard InChI is InChI=1S/C4H6N4O2/c5-2-1(3(6)9)7-4(10)8-2/h5H2,(H2,6,9)(H2,7,8,10). The van der Waals surface area contributed by atoms with Crippen LogP contribution in [0.1, 0.15) is 10.5 Å². The highest BCUT2D eigenvalue weighted by atomic mass is 16.2. The second-order valence-electron chi connectivity index (χ2n) is 1.73. The van der Waals surface area contributed by atoms with Crippen molar-refractivity contribution in [2.45, 2.75) is 0 Å². The van der Waals surface area contributed by atoms with Gasteiger partial charge in [0, 0.05) is 0 Å². The van der Waals surface area contributed by atoms with E-state index in [1.807, 2.05) is 0 Å². The third-order valence-electron chi connectivity index (χ3n) is 1.00. The monoisotopic (exact) mass is 142 g/mol. The van der Waals surface area contributed by atoms with Gasteiger partial charge in [0.15, 0.2) is 0 Å². The molecule has 0 bridgehead atoms. The minimum Gasteiger partial charge on any atom is -0.383 e. The highest BCUT2D eigenvalue weighted by Crippen LogP contribution is 1.97. The second-order valence-corrected chi connectivity index (χ2v) is 1.73. The lowest BCUT2D eigenvalue weighted by Gasteiger charge is -1.87. The van der Waals surface area contributed by atoms with Gasteiger partial charge in [0.05, 0.1) is 0 Å². The zero-order valence-electron chi connectivity index (χ0n) is 4.97. The first-order chi connectivity index (χ1) is 4.61. The Morgan fingerprint density at radius 2 is 2.00 bits per heavy atom. The molecule has 0 radical (unpaired) electrons. The van der Waals surface area contributed by atoms with Crippen molar-refractivity contribution in [3.63, 3.8) is 0 Å². The first-order valence-corrected chi connectivity index (χ1v) is 2.49. The number of anilines is 1. The smallest absolute Gasteiger partial charge is 0.325 e. The number of nitrogens with one attached hydrogen (secondary N) is 2. The molecular formula is C4H6N4O2. The van der Waals surface area contributed by atoms with Crippen molar-refractivity contribution in [2.24, 2.45) is 5.73 Å². The molecule has 0 unspecified atom stereocenters. The van der Waals surface area contributed by atoms with Crippen LogP contribution in [-0.2, 0) is 0 Å². The Morgan fingerprint density at radius 1 is 1.40 bits per heavy atom. The van der Waals surface area contributed by atoms with E-state index in [9.17, 15) is 9.59 Å². The van der Waals surface area contributed by atoms with Crippen molar-refractivity contribution in [3.8, 4) is 0 Å². The molecule has 0 atom stereocenters. The number of nitrogens with two attached hydrogens (primary N) is 2. The molecule has 10 heavy (non-hydrogen) atoms. The summed E-state index contributed by atoms with van der Waals surface area (Å²) in [7, 11) is 0. The van der Waals surface area contributed by atoms with Crippen LogP contribution in [0.3, 0.4) is 0 Å². The van der Waals surface area contributed by atoms with Gasteiger partial charge in [-0.25, -0.2) is 4.79 Å². The number of nitrogen functional groups attached to an aromatic ring is 1. The van der Waals surface area contributed by atoms with Crippen LogP contribution in [0.15, 0.2) is 4.79 Å². The van der Waals surface area contributed by atoms with Crippen molar-refractivity contribution in [1.29, 1.82) is 0 Å². The van der Waals surface area contributed by atoms with E-state index < -0.39 is 11.6 Å². The van der Waals surface area contributed by atoms with E-state index in [2.05, 4.69) is 9.97 Å². The fourth-order valence-corrected chi connectivity index (χ4v) is 0.591. The molecule has 6 N–H and O–H groups in total. The molecule has 0 saturated carbocycles. The average Bonchev–Trinajstić information content (AvgIpc) is 2.10. The Bertz CT molecular complexity index is 309. The molecule has 6 nitrogen and oxygen atoms in total. The number of H-pyrrole nitrogens is 2. The van der Waals surface area contributed by atoms with Crippen LogP contribution in [0.5, 0.6) is 0 Å². The number of carbonyl (C=O) groups is 1. The molecule has 0 spiro atoms. The normalized spacial score (nSPS) is 9.60. The number of carbonyl (C=O) groups excluding carboxylic acids is 1. The van der Waals surface area contributed by atoms with Gasteiger partial charge in [0.25, 0.3) is 5.91 Å². The lowest BCUT2D eigenvalue weighted by Crippen LogP contribution is -2.14. The fraction of sp³-hybridized carbons (Fsp3) is 0. The second kappa shape index (κ2) is 1.90. The van der Waals surface area contributed by atoms with Gasteiger partial charge in [-0.1, -0.05) is 0 Å². The van der Waals surface area contributed by atoms with Crippen LogP contribution >= 0.6 is 0 Å². The summed E-state index contributed by atoms with van der Waals surface area (Å²) in [5.74, 6) is -0.784. The third-order valence-corrected chi connectivity index (χ3v) is 1.00. The molecule has 0 aliphatic rings. The Balaban J connectivity index is 3.28. The van der Waals surface area contributed by atoms with Crippen LogP contribution in [0.2, 0.25) is 0 Å². The van der Waals surface area contributed by atoms with E-state index >= 15 is 0 Å². The van der Waals surface area contributed by atoms with Crippen LogP contribution < -0.4 is 17.2 Å². The van der Waals surface area contributed by atoms with Gasteiger partial charge < -0.3 is 11.5 Å². The molecule has 54 valence electrons. The van der Waals surface area contributed by atoms with Crippen LogP contribution in [0.25, 0.3) is 0 Å². The van der Waals surface area contributed by atoms with Crippen LogP contribution in [0, 0.1) is 0 Å². The van der Waals surface area contributed by atoms with Gasteiger partial charge in [0.2, 0.25) is 0 Å². The largest absolute Gasteiger partial charge is 0.383 e. The number of hydrogen-bond acceptors (Lipinski definition) is 3. The van der Waals surface area contributed by atoms with Crippen molar-refractivity contribution < 1.29 is 4.79 Å². The quantitative estimate of drug-likeness (QED) is 0.377. The molecule has 0 aliphatic carbocycles. The molecule has 1 amide bonds. The number of primary amides is 1. The maximum absolute atomic E-state index is 10.4. The molecule has 1 aromatic rings. The van der Waals surface area contributed by atoms with E-state index in [1.54, 1.807) is 0 Å². The third kappa shape index (κ3) is 0.859. The van der Waals surface area contributed by atoms with Crippen LogP contribution in [-0.4, -0.2) is 15.9 Å². The number of hydrogen-bond donors (Lipinski definition) is 4. The van der Waals surface area contributed by atoms with Gasteiger partial charge >= 0.3 is 5.69 Å². The van der Waals surface area contributed by atoms with Gasteiger partial charge in [0.1, 0.15) is 11.5 Å². The van der Waals surface area contributed by atoms with Crippen molar-refractivity contribution in [1.82, 2.24) is 9.97 Å². The molecular weight excluding hydrogens is 136 g/mol. The molecule has 1 heterocycles. The van der Waals surface area contributed by atoms with Gasteiger partial charge in [-0.3, -0.25) is 14.8 Å². The zero-order valence-corrected chi connectivity index (χ0v) is 4.97. The number of amides is 1. The molecule has 0 aliphatic heterocycles. The summed E-state index contributed by atoms with van der Waals surface area (Å²) in [4.78, 5) is 25.1. The number of aromatic amines is 2. The average molecular weight is 142 g/mol. The molecule has 0 saturated heterocycles. The molecule has 1 aromatic heterocycles.